The van der Waals surface area contributed by atoms with E-state index < -0.39 is 17.8 Å². The van der Waals surface area contributed by atoms with Crippen molar-refractivity contribution in [1.29, 1.82) is 0 Å². The Balaban J connectivity index is 0.00000221. The molecule has 3 nitrogen and oxygen atoms in total. The number of halogens is 5. The van der Waals surface area contributed by atoms with E-state index in [0.717, 1.165) is 48.9 Å². The molecule has 2 bridgehead atoms. The van der Waals surface area contributed by atoms with Crippen molar-refractivity contribution in [3.63, 3.8) is 0 Å². The molecule has 4 heterocycles. The van der Waals surface area contributed by atoms with Gasteiger partial charge < -0.3 is 43.6 Å². The van der Waals surface area contributed by atoms with Crippen molar-refractivity contribution in [3.05, 3.63) is 125 Å². The monoisotopic (exact) mass is 730 g/mol. The molecule has 234 valence electrons. The molecule has 1 N–H and O–H groups in total. The maximum Gasteiger partial charge on any atom is 0.416 e. The third-order valence-electron chi connectivity index (χ3n) is 9.71. The molecule has 3 saturated heterocycles. The van der Waals surface area contributed by atoms with Crippen LogP contribution in [0.2, 0.25) is 0 Å². The number of nitrogens with zero attached hydrogens (tertiary/aromatic N) is 2. The van der Waals surface area contributed by atoms with Crippen LogP contribution in [0.15, 0.2) is 91.6 Å². The van der Waals surface area contributed by atoms with Gasteiger partial charge >= 0.3 is 6.18 Å². The average molecular weight is 733 g/mol. The number of aliphatic hydroxyl groups excluding tert-OH is 1. The number of benzene rings is 3. The molecule has 1 aromatic heterocycles. The van der Waals surface area contributed by atoms with Crippen LogP contribution in [-0.2, 0) is 19.3 Å². The molecule has 0 aliphatic carbocycles. The molecule has 3 aliphatic rings. The summed E-state index contributed by atoms with van der Waals surface area (Å²) in [5.41, 5.74) is 5.05. The topological polar surface area (TPSA) is 24.1 Å². The number of hydrogen-bond acceptors (Lipinski definition) is 1. The van der Waals surface area contributed by atoms with E-state index in [-0.39, 0.29) is 45.9 Å². The summed E-state index contributed by atoms with van der Waals surface area (Å²) in [5.74, 6) is 0.713. The Morgan fingerprint density at radius 1 is 0.977 bits per heavy atom. The first-order valence-electron chi connectivity index (χ1n) is 14.9. The highest BCUT2D eigenvalue weighted by atomic mass is 79.9. The van der Waals surface area contributed by atoms with Crippen LogP contribution in [0.1, 0.15) is 52.3 Å². The fraction of sp³-hybridized carbons (Fsp3) is 0.361. The molecule has 8 heteroatoms. The maximum atomic E-state index is 13.7. The second-order valence-corrected chi connectivity index (χ2v) is 12.6. The van der Waals surface area contributed by atoms with Crippen molar-refractivity contribution >= 4 is 10.9 Å². The van der Waals surface area contributed by atoms with Crippen molar-refractivity contribution in [2.24, 2.45) is 11.8 Å². The first kappa shape index (κ1) is 34.4. The smallest absolute Gasteiger partial charge is 0.416 e. The second kappa shape index (κ2) is 13.5. The summed E-state index contributed by atoms with van der Waals surface area (Å²) in [4.78, 5) is 0. The lowest BCUT2D eigenvalue weighted by Gasteiger charge is -2.58. The van der Waals surface area contributed by atoms with Crippen LogP contribution in [0.5, 0.6) is 0 Å². The van der Waals surface area contributed by atoms with E-state index in [1.807, 2.05) is 30.3 Å². The Hall–Kier alpha value is -2.52. The van der Waals surface area contributed by atoms with Gasteiger partial charge in [-0.05, 0) is 44.0 Å². The van der Waals surface area contributed by atoms with Gasteiger partial charge in [-0.2, -0.15) is 17.7 Å². The normalized spacial score (nSPS) is 23.5. The number of quaternary nitrogens is 1. The Morgan fingerprint density at radius 2 is 1.73 bits per heavy atom. The minimum Gasteiger partial charge on any atom is -1.00 e. The number of rotatable bonds is 7. The van der Waals surface area contributed by atoms with Crippen molar-refractivity contribution in [2.75, 3.05) is 13.1 Å². The Morgan fingerprint density at radius 3 is 2.45 bits per heavy atom. The first-order chi connectivity index (χ1) is 20.1. The van der Waals surface area contributed by atoms with Crippen LogP contribution >= 0.6 is 0 Å². The number of para-hydroxylation sites is 1. The van der Waals surface area contributed by atoms with Crippen LogP contribution in [0.4, 0.5) is 13.2 Å². The Labute approximate surface area is 279 Å². The van der Waals surface area contributed by atoms with E-state index in [4.69, 9.17) is 0 Å². The summed E-state index contributed by atoms with van der Waals surface area (Å²) in [6.45, 7) is 10.7. The molecular weight excluding hydrogens is 693 g/mol. The van der Waals surface area contributed by atoms with Gasteiger partial charge in [-0.25, -0.2) is 0 Å². The summed E-state index contributed by atoms with van der Waals surface area (Å²) < 4.78 is 44.0. The molecule has 4 aromatic rings. The molecule has 3 aromatic carbocycles. The third kappa shape index (κ3) is 6.69. The fourth-order valence-corrected chi connectivity index (χ4v) is 7.78. The number of fused-ring (bicyclic) bond motifs is 4. The number of hydrogen-bond donors (Lipinski definition) is 1. The molecule has 5 atom stereocenters. The summed E-state index contributed by atoms with van der Waals surface area (Å²) >= 11 is 0. The zero-order valence-corrected chi connectivity index (χ0v) is 28.2. The van der Waals surface area contributed by atoms with Gasteiger partial charge in [-0.3, -0.25) is 0 Å². The minimum atomic E-state index is -4.39. The van der Waals surface area contributed by atoms with Crippen molar-refractivity contribution in [1.82, 2.24) is 0 Å². The van der Waals surface area contributed by atoms with E-state index in [1.54, 1.807) is 6.92 Å². The van der Waals surface area contributed by atoms with Crippen molar-refractivity contribution in [2.45, 2.75) is 58.1 Å². The number of alkyl halides is 3. The van der Waals surface area contributed by atoms with E-state index >= 15 is 0 Å². The molecule has 0 amide bonds. The lowest BCUT2D eigenvalue weighted by atomic mass is 9.71. The molecular formula is C36H39Br2F3N2O. The maximum absolute atomic E-state index is 13.7. The van der Waals surface area contributed by atoms with Crippen LogP contribution in [0, 0.1) is 25.7 Å². The Bertz CT molecular complexity index is 1640. The quantitative estimate of drug-likeness (QED) is 0.174. The highest BCUT2D eigenvalue weighted by Gasteiger charge is 2.54. The first-order valence-corrected chi connectivity index (χ1v) is 14.9. The molecule has 44 heavy (non-hydrogen) atoms. The molecule has 0 saturated carbocycles. The van der Waals surface area contributed by atoms with Gasteiger partial charge in [0.15, 0.2) is 12.7 Å². The Kier molecular flexibility index (Phi) is 10.5. The summed E-state index contributed by atoms with van der Waals surface area (Å²) in [7, 11) is 0. The number of piperidine rings is 3. The van der Waals surface area contributed by atoms with Gasteiger partial charge in [0.25, 0.3) is 0 Å². The standard InChI is InChI=1S/C36H39F3N2O.2BrH/c1-4-28-23-41(22-27-17-25(3)18-30(19-27)36(37,38)39)15-13-29(28)20-34(41)35(42)32-12-14-40(33-11-6-5-10-31(32)33)21-26-9-7-8-24(2)16-26;;/h4-12,14,16-19,28-29,34-35,42H,1,13,15,20-23H2,2-3H3;2*1H/q+2;;/p-2/t28?,29?,34?,35-,41?;;/m1../s1. The van der Waals surface area contributed by atoms with Gasteiger partial charge in [0, 0.05) is 47.6 Å². The third-order valence-corrected chi connectivity index (χ3v) is 9.71. The zero-order valence-electron chi connectivity index (χ0n) is 25.1. The summed E-state index contributed by atoms with van der Waals surface area (Å²) in [6, 6.07) is 23.0. The van der Waals surface area contributed by atoms with Gasteiger partial charge in [0.1, 0.15) is 18.7 Å². The molecule has 7 rings (SSSR count). The number of aliphatic hydroxyl groups is 1. The van der Waals surface area contributed by atoms with E-state index in [1.165, 1.54) is 23.3 Å². The predicted octanol–water partition coefficient (Wildman–Crippen LogP) is 1.46. The molecule has 0 radical (unpaired) electrons. The van der Waals surface area contributed by atoms with E-state index in [9.17, 15) is 18.3 Å². The minimum absolute atomic E-state index is 0. The van der Waals surface area contributed by atoms with Gasteiger partial charge in [0.05, 0.1) is 24.0 Å². The van der Waals surface area contributed by atoms with Gasteiger partial charge in [-0.15, -0.1) is 6.58 Å². The van der Waals surface area contributed by atoms with Crippen LogP contribution in [-0.4, -0.2) is 28.7 Å². The number of aryl methyl sites for hydroxylation is 2. The highest BCUT2D eigenvalue weighted by molar-refractivity contribution is 5.79. The van der Waals surface area contributed by atoms with Crippen molar-refractivity contribution in [3.8, 4) is 0 Å². The second-order valence-electron chi connectivity index (χ2n) is 12.6. The van der Waals surface area contributed by atoms with Gasteiger partial charge in [-0.1, -0.05) is 53.6 Å². The largest absolute Gasteiger partial charge is 1.00 e. The number of aromatic nitrogens is 1. The summed E-state index contributed by atoms with van der Waals surface area (Å²) in [5, 5.41) is 13.2. The van der Waals surface area contributed by atoms with Crippen LogP contribution < -0.4 is 38.5 Å². The lowest BCUT2D eigenvalue weighted by molar-refractivity contribution is -0.984. The fourth-order valence-electron chi connectivity index (χ4n) is 7.78. The predicted molar refractivity (Wildman–Crippen MR) is 159 cm³/mol. The highest BCUT2D eigenvalue weighted by Crippen LogP contribution is 2.48. The molecule has 0 spiro atoms. The van der Waals surface area contributed by atoms with Crippen molar-refractivity contribution < 1.29 is 61.3 Å². The SMILES string of the molecule is C=CC1C[N+]2(Cc3cc(C)cc(C(F)(F)F)c3)CCC1CC2[C@H](O)c1cc[n+](Cc2cccc(C)c2)c2ccccc12.[Br-].[Br-]. The molecule has 3 aliphatic heterocycles. The zero-order chi connectivity index (χ0) is 29.6. The number of pyridine rings is 1. The summed E-state index contributed by atoms with van der Waals surface area (Å²) in [6.07, 6.45) is 0.751. The van der Waals surface area contributed by atoms with Gasteiger partial charge in [0.2, 0.25) is 5.52 Å². The lowest BCUT2D eigenvalue weighted by Crippen LogP contribution is -3.00. The van der Waals surface area contributed by atoms with Crippen LogP contribution in [0.25, 0.3) is 10.9 Å². The van der Waals surface area contributed by atoms with Crippen LogP contribution in [0.3, 0.4) is 0 Å². The average Bonchev–Trinajstić information content (AvgIpc) is 2.96. The van der Waals surface area contributed by atoms with E-state index in [2.05, 4.69) is 60.7 Å². The molecule has 4 unspecified atom stereocenters. The molecule has 3 fully saturated rings. The van der Waals surface area contributed by atoms with E-state index in [0.29, 0.717) is 28.1 Å².